The number of carbonyl (C=O) groups is 2. The molecule has 0 aliphatic carbocycles. The van der Waals surface area contributed by atoms with E-state index in [0.717, 1.165) is 5.56 Å². The van der Waals surface area contributed by atoms with Crippen LogP contribution in [-0.2, 0) is 9.53 Å². The lowest BCUT2D eigenvalue weighted by molar-refractivity contribution is -0.149. The predicted molar refractivity (Wildman–Crippen MR) is 107 cm³/mol. The van der Waals surface area contributed by atoms with Crippen molar-refractivity contribution in [2.24, 2.45) is 5.92 Å². The highest BCUT2D eigenvalue weighted by Crippen LogP contribution is 2.36. The smallest absolute Gasteiger partial charge is 0.332 e. The van der Waals surface area contributed by atoms with Crippen LogP contribution in [0.25, 0.3) is 0 Å². The van der Waals surface area contributed by atoms with Gasteiger partial charge in [-0.05, 0) is 30.0 Å². The van der Waals surface area contributed by atoms with Crippen LogP contribution < -0.4 is 5.32 Å². The molecule has 0 saturated heterocycles. The first-order valence-corrected chi connectivity index (χ1v) is 9.08. The minimum atomic E-state index is -1.25. The largest absolute Gasteiger partial charge is 0.467 e. The molecular formula is C23H27NO3. The van der Waals surface area contributed by atoms with Crippen LogP contribution in [0.5, 0.6) is 0 Å². The zero-order chi connectivity index (χ0) is 19.9. The molecule has 0 spiro atoms. The molecule has 2 aromatic rings. The highest BCUT2D eigenvalue weighted by Gasteiger charge is 2.48. The van der Waals surface area contributed by atoms with Crippen molar-refractivity contribution in [2.75, 3.05) is 7.11 Å². The lowest BCUT2D eigenvalue weighted by Crippen LogP contribution is -2.59. The molecule has 27 heavy (non-hydrogen) atoms. The summed E-state index contributed by atoms with van der Waals surface area (Å²) in [5, 5.41) is 2.99. The van der Waals surface area contributed by atoms with Crippen molar-refractivity contribution in [3.8, 4) is 0 Å². The summed E-state index contributed by atoms with van der Waals surface area (Å²) >= 11 is 0. The van der Waals surface area contributed by atoms with Crippen LogP contribution in [0.3, 0.4) is 0 Å². The van der Waals surface area contributed by atoms with E-state index in [1.807, 2.05) is 50.2 Å². The monoisotopic (exact) mass is 365 g/mol. The second-order valence-electron chi connectivity index (χ2n) is 7.01. The predicted octanol–water partition coefficient (Wildman–Crippen LogP) is 4.34. The van der Waals surface area contributed by atoms with Gasteiger partial charge in [0.15, 0.2) is 0 Å². The number of hydrogen-bond acceptors (Lipinski definition) is 3. The average molecular weight is 365 g/mol. The fraction of sp³-hybridized carbons (Fsp3) is 0.304. The molecule has 4 nitrogen and oxygen atoms in total. The lowest BCUT2D eigenvalue weighted by Gasteiger charge is -2.39. The van der Waals surface area contributed by atoms with Crippen LogP contribution in [0.15, 0.2) is 73.3 Å². The fourth-order valence-electron chi connectivity index (χ4n) is 3.49. The maximum absolute atomic E-state index is 13.0. The molecule has 0 aromatic heterocycles. The summed E-state index contributed by atoms with van der Waals surface area (Å²) in [7, 11) is 1.34. The highest BCUT2D eigenvalue weighted by molar-refractivity contribution is 5.98. The molecule has 1 N–H and O–H groups in total. The lowest BCUT2D eigenvalue weighted by atomic mass is 9.74. The Morgan fingerprint density at radius 3 is 2.11 bits per heavy atom. The maximum Gasteiger partial charge on any atom is 0.332 e. The van der Waals surface area contributed by atoms with E-state index in [1.54, 1.807) is 30.3 Å². The molecule has 142 valence electrons. The molecule has 0 aliphatic rings. The standard InChI is InChI=1S/C23H27NO3/c1-5-20(18-12-8-6-9-13-18)23(16-17(2)3,22(26)27-4)24-21(25)19-14-10-7-11-15-19/h5-15,17,20H,1,16H2,2-4H3,(H,24,25)/t20-,23-/m1/s1. The van der Waals surface area contributed by atoms with Gasteiger partial charge in [-0.25, -0.2) is 4.79 Å². The minimum Gasteiger partial charge on any atom is -0.467 e. The van der Waals surface area contributed by atoms with Gasteiger partial charge < -0.3 is 10.1 Å². The molecule has 2 aromatic carbocycles. The van der Waals surface area contributed by atoms with Gasteiger partial charge in [0.25, 0.3) is 5.91 Å². The molecule has 0 saturated carbocycles. The van der Waals surface area contributed by atoms with Crippen molar-refractivity contribution in [2.45, 2.75) is 31.7 Å². The van der Waals surface area contributed by atoms with E-state index in [2.05, 4.69) is 11.9 Å². The summed E-state index contributed by atoms with van der Waals surface area (Å²) in [6.45, 7) is 7.97. The number of esters is 1. The van der Waals surface area contributed by atoms with Crippen LogP contribution in [0.2, 0.25) is 0 Å². The van der Waals surface area contributed by atoms with Gasteiger partial charge in [-0.2, -0.15) is 0 Å². The number of carbonyl (C=O) groups excluding carboxylic acids is 2. The fourth-order valence-corrected chi connectivity index (χ4v) is 3.49. The summed E-state index contributed by atoms with van der Waals surface area (Å²) in [5.74, 6) is -1.08. The van der Waals surface area contributed by atoms with Crippen molar-refractivity contribution in [1.82, 2.24) is 5.32 Å². The van der Waals surface area contributed by atoms with Crippen molar-refractivity contribution in [1.29, 1.82) is 0 Å². The summed E-state index contributed by atoms with van der Waals surface area (Å²) in [6, 6.07) is 18.4. The first-order valence-electron chi connectivity index (χ1n) is 9.08. The molecular weight excluding hydrogens is 338 g/mol. The molecule has 4 heteroatoms. The molecule has 2 atom stereocenters. The second-order valence-corrected chi connectivity index (χ2v) is 7.01. The van der Waals surface area contributed by atoms with E-state index in [0.29, 0.717) is 12.0 Å². The number of nitrogens with one attached hydrogen (secondary N) is 1. The Labute approximate surface area is 161 Å². The molecule has 0 fully saturated rings. The Morgan fingerprint density at radius 1 is 1.07 bits per heavy atom. The molecule has 0 heterocycles. The van der Waals surface area contributed by atoms with Crippen LogP contribution in [0, 0.1) is 5.92 Å². The van der Waals surface area contributed by atoms with Crippen molar-refractivity contribution in [3.63, 3.8) is 0 Å². The quantitative estimate of drug-likeness (QED) is 0.559. The third-order valence-electron chi connectivity index (χ3n) is 4.58. The Morgan fingerprint density at radius 2 is 1.63 bits per heavy atom. The number of amides is 1. The first-order chi connectivity index (χ1) is 12.9. The Kier molecular flexibility index (Phi) is 6.94. The number of hydrogen-bond donors (Lipinski definition) is 1. The normalized spacial score (nSPS) is 14.1. The Bertz CT molecular complexity index is 771. The summed E-state index contributed by atoms with van der Waals surface area (Å²) < 4.78 is 5.16. The topological polar surface area (TPSA) is 55.4 Å². The van der Waals surface area contributed by atoms with Crippen LogP contribution in [0.4, 0.5) is 0 Å². The van der Waals surface area contributed by atoms with E-state index in [1.165, 1.54) is 7.11 Å². The summed E-state index contributed by atoms with van der Waals surface area (Å²) in [6.07, 6.45) is 2.13. The SMILES string of the molecule is C=C[C@H](c1ccccc1)[C@@](CC(C)C)(NC(=O)c1ccccc1)C(=O)OC. The number of ether oxygens (including phenoxy) is 1. The minimum absolute atomic E-state index is 0.145. The van der Waals surface area contributed by atoms with Gasteiger partial charge in [0.05, 0.1) is 7.11 Å². The zero-order valence-corrected chi connectivity index (χ0v) is 16.1. The van der Waals surface area contributed by atoms with Crippen molar-refractivity contribution in [3.05, 3.63) is 84.4 Å². The van der Waals surface area contributed by atoms with Gasteiger partial charge >= 0.3 is 5.97 Å². The maximum atomic E-state index is 13.0. The van der Waals surface area contributed by atoms with Crippen molar-refractivity contribution < 1.29 is 14.3 Å². The summed E-state index contributed by atoms with van der Waals surface area (Å²) in [5.41, 5.74) is 0.135. The highest BCUT2D eigenvalue weighted by atomic mass is 16.5. The van der Waals surface area contributed by atoms with Gasteiger partial charge in [-0.3, -0.25) is 4.79 Å². The van der Waals surface area contributed by atoms with Crippen LogP contribution >= 0.6 is 0 Å². The van der Waals surface area contributed by atoms with Gasteiger partial charge in [-0.15, -0.1) is 6.58 Å². The third-order valence-corrected chi connectivity index (χ3v) is 4.58. The number of methoxy groups -OCH3 is 1. The molecule has 1 amide bonds. The average Bonchev–Trinajstić information content (AvgIpc) is 2.68. The molecule has 2 rings (SSSR count). The number of benzene rings is 2. The van der Waals surface area contributed by atoms with E-state index in [4.69, 9.17) is 4.74 Å². The first kappa shape index (κ1) is 20.4. The third kappa shape index (κ3) is 4.64. The van der Waals surface area contributed by atoms with E-state index in [9.17, 15) is 9.59 Å². The van der Waals surface area contributed by atoms with Gasteiger partial charge in [-0.1, -0.05) is 68.5 Å². The van der Waals surface area contributed by atoms with E-state index in [-0.39, 0.29) is 11.8 Å². The van der Waals surface area contributed by atoms with Gasteiger partial charge in [0.2, 0.25) is 0 Å². The summed E-state index contributed by atoms with van der Waals surface area (Å²) in [4.78, 5) is 26.0. The van der Waals surface area contributed by atoms with Gasteiger partial charge in [0, 0.05) is 11.5 Å². The van der Waals surface area contributed by atoms with E-state index < -0.39 is 17.4 Å². The molecule has 0 radical (unpaired) electrons. The van der Waals surface area contributed by atoms with Gasteiger partial charge in [0.1, 0.15) is 5.54 Å². The number of rotatable bonds is 8. The van der Waals surface area contributed by atoms with E-state index >= 15 is 0 Å². The molecule has 0 unspecified atom stereocenters. The molecule has 0 aliphatic heterocycles. The van der Waals surface area contributed by atoms with Crippen LogP contribution in [0.1, 0.15) is 42.1 Å². The Hall–Kier alpha value is -2.88. The second kappa shape index (κ2) is 9.17. The Balaban J connectivity index is 2.56. The molecule has 0 bridgehead atoms. The van der Waals surface area contributed by atoms with Crippen LogP contribution in [-0.4, -0.2) is 24.5 Å². The van der Waals surface area contributed by atoms with Crippen molar-refractivity contribution >= 4 is 11.9 Å². The zero-order valence-electron chi connectivity index (χ0n) is 16.1.